The van der Waals surface area contributed by atoms with Gasteiger partial charge in [-0.2, -0.15) is 0 Å². The van der Waals surface area contributed by atoms with Gasteiger partial charge in [0.25, 0.3) is 0 Å². The van der Waals surface area contributed by atoms with Crippen molar-refractivity contribution in [1.29, 1.82) is 0 Å². The number of Topliss-reactive ketones (excluding diaryl/α,β-unsaturated/α-hetero) is 1. The summed E-state index contributed by atoms with van der Waals surface area (Å²) in [6, 6.07) is 0. The molecule has 0 saturated carbocycles. The molecule has 0 aromatic carbocycles. The van der Waals surface area contributed by atoms with Crippen molar-refractivity contribution in [2.45, 2.75) is 37.2 Å². The molecule has 1 heterocycles. The van der Waals surface area contributed by atoms with Gasteiger partial charge in [-0.25, -0.2) is 0 Å². The zero-order valence-corrected chi connectivity index (χ0v) is 7.54. The Morgan fingerprint density at radius 2 is 1.40 bits per heavy atom. The third kappa shape index (κ3) is 0.641. The normalized spacial score (nSPS) is 29.8. The molecule has 1 aliphatic rings. The Kier molecular flexibility index (Phi) is 1.35. The number of carbonyl (C=O) groups is 1. The van der Waals surface area contributed by atoms with Crippen LogP contribution in [0.4, 0.5) is 0 Å². The maximum Gasteiger partial charge on any atom is 0.168 e. The Bertz CT molecular complexity index is 176. The van der Waals surface area contributed by atoms with Crippen LogP contribution in [0.2, 0.25) is 0 Å². The van der Waals surface area contributed by atoms with Gasteiger partial charge in [0.2, 0.25) is 0 Å². The molecule has 0 N–H and O–H groups in total. The van der Waals surface area contributed by atoms with Gasteiger partial charge >= 0.3 is 0 Å². The van der Waals surface area contributed by atoms with Gasteiger partial charge in [0, 0.05) is 10.8 Å². The smallest absolute Gasteiger partial charge is 0.168 e. The number of hydrogen-bond acceptors (Lipinski definition) is 2. The summed E-state index contributed by atoms with van der Waals surface area (Å²) in [5.41, 5.74) is 0. The molecular formula is C7H12O2S. The monoisotopic (exact) mass is 160 g/mol. The van der Waals surface area contributed by atoms with Crippen LogP contribution in [0.3, 0.4) is 0 Å². The highest BCUT2D eigenvalue weighted by Crippen LogP contribution is 2.40. The molecular weight excluding hydrogens is 148 g/mol. The summed E-state index contributed by atoms with van der Waals surface area (Å²) in [5, 5.41) is 0. The average molecular weight is 160 g/mol. The van der Waals surface area contributed by atoms with Crippen molar-refractivity contribution in [3.05, 3.63) is 0 Å². The first-order chi connectivity index (χ1) is 4.31. The van der Waals surface area contributed by atoms with E-state index in [4.69, 9.17) is 0 Å². The second-order valence-corrected chi connectivity index (χ2v) is 6.20. The van der Waals surface area contributed by atoms with Gasteiger partial charge < -0.3 is 0 Å². The van der Waals surface area contributed by atoms with E-state index in [2.05, 4.69) is 0 Å². The molecule has 0 aromatic rings. The SMILES string of the molecule is CC1(C)C(=O)C(C)(C)S1=O. The molecule has 1 aliphatic heterocycles. The van der Waals surface area contributed by atoms with Crippen molar-refractivity contribution in [2.75, 3.05) is 0 Å². The second kappa shape index (κ2) is 1.70. The van der Waals surface area contributed by atoms with Crippen molar-refractivity contribution >= 4 is 16.6 Å². The van der Waals surface area contributed by atoms with E-state index >= 15 is 0 Å². The first-order valence-electron chi connectivity index (χ1n) is 3.28. The minimum atomic E-state index is -0.992. The zero-order chi connectivity index (χ0) is 8.15. The van der Waals surface area contributed by atoms with Crippen LogP contribution in [-0.4, -0.2) is 19.5 Å². The lowest BCUT2D eigenvalue weighted by Gasteiger charge is -2.45. The second-order valence-electron chi connectivity index (χ2n) is 3.62. The van der Waals surface area contributed by atoms with Crippen LogP contribution in [-0.2, 0) is 15.6 Å². The third-order valence-electron chi connectivity index (χ3n) is 2.02. The molecule has 1 rings (SSSR count). The molecule has 58 valence electrons. The van der Waals surface area contributed by atoms with Gasteiger partial charge in [-0.05, 0) is 27.7 Å². The molecule has 0 atom stereocenters. The van der Waals surface area contributed by atoms with Crippen molar-refractivity contribution in [1.82, 2.24) is 0 Å². The lowest BCUT2D eigenvalue weighted by molar-refractivity contribution is -0.124. The number of carbonyl (C=O) groups excluding carboxylic acids is 1. The summed E-state index contributed by atoms with van der Waals surface area (Å²) < 4.78 is 10.1. The first-order valence-corrected chi connectivity index (χ1v) is 4.43. The highest BCUT2D eigenvalue weighted by molar-refractivity contribution is 7.92. The molecule has 0 spiro atoms. The van der Waals surface area contributed by atoms with Gasteiger partial charge in [0.05, 0.1) is 0 Å². The van der Waals surface area contributed by atoms with E-state index in [1.165, 1.54) is 0 Å². The summed E-state index contributed by atoms with van der Waals surface area (Å²) in [5.74, 6) is 0.110. The van der Waals surface area contributed by atoms with E-state index in [1.54, 1.807) is 27.7 Å². The van der Waals surface area contributed by atoms with Crippen LogP contribution in [0.25, 0.3) is 0 Å². The fraction of sp³-hybridized carbons (Fsp3) is 0.857. The van der Waals surface area contributed by atoms with E-state index < -0.39 is 20.3 Å². The quantitative estimate of drug-likeness (QED) is 0.527. The topological polar surface area (TPSA) is 34.1 Å². The van der Waals surface area contributed by atoms with Crippen molar-refractivity contribution in [2.24, 2.45) is 0 Å². The molecule has 0 unspecified atom stereocenters. The van der Waals surface area contributed by atoms with Crippen LogP contribution < -0.4 is 0 Å². The van der Waals surface area contributed by atoms with Crippen molar-refractivity contribution in [3.63, 3.8) is 0 Å². The zero-order valence-electron chi connectivity index (χ0n) is 6.72. The van der Waals surface area contributed by atoms with Gasteiger partial charge in [-0.3, -0.25) is 9.00 Å². The molecule has 0 radical (unpaired) electrons. The molecule has 10 heavy (non-hydrogen) atoms. The predicted octanol–water partition coefficient (Wildman–Crippen LogP) is 0.875. The molecule has 3 heteroatoms. The summed E-state index contributed by atoms with van der Waals surface area (Å²) >= 11 is 0. The lowest BCUT2D eigenvalue weighted by Crippen LogP contribution is -2.66. The molecule has 2 nitrogen and oxygen atoms in total. The fourth-order valence-electron chi connectivity index (χ4n) is 1.48. The van der Waals surface area contributed by atoms with E-state index in [-0.39, 0.29) is 5.78 Å². The minimum Gasteiger partial charge on any atom is -0.296 e. The summed E-state index contributed by atoms with van der Waals surface area (Å²) in [7, 11) is -0.992. The number of ketones is 1. The Balaban J connectivity index is 3.00. The van der Waals surface area contributed by atoms with E-state index in [0.717, 1.165) is 0 Å². The van der Waals surface area contributed by atoms with Crippen molar-refractivity contribution in [3.8, 4) is 0 Å². The maximum atomic E-state index is 11.3. The Labute approximate surface area is 63.5 Å². The summed E-state index contributed by atoms with van der Waals surface area (Å²) in [6.45, 7) is 6.93. The van der Waals surface area contributed by atoms with E-state index in [9.17, 15) is 9.00 Å². The van der Waals surface area contributed by atoms with Crippen LogP contribution in [0.15, 0.2) is 0 Å². The van der Waals surface area contributed by atoms with Crippen LogP contribution >= 0.6 is 0 Å². The Morgan fingerprint density at radius 1 is 1.10 bits per heavy atom. The maximum absolute atomic E-state index is 11.3. The molecule has 0 amide bonds. The van der Waals surface area contributed by atoms with Gasteiger partial charge in [0.15, 0.2) is 5.78 Å². The highest BCUT2D eigenvalue weighted by atomic mass is 32.2. The molecule has 1 saturated heterocycles. The van der Waals surface area contributed by atoms with E-state index in [0.29, 0.717) is 0 Å². The van der Waals surface area contributed by atoms with Gasteiger partial charge in [-0.15, -0.1) is 0 Å². The molecule has 1 fully saturated rings. The van der Waals surface area contributed by atoms with Crippen LogP contribution in [0, 0.1) is 0 Å². The highest BCUT2D eigenvalue weighted by Gasteiger charge is 2.60. The first kappa shape index (κ1) is 7.92. The van der Waals surface area contributed by atoms with Crippen molar-refractivity contribution < 1.29 is 9.00 Å². The number of hydrogen-bond donors (Lipinski definition) is 0. The average Bonchev–Trinajstić information content (AvgIpc) is 1.84. The summed E-state index contributed by atoms with van der Waals surface area (Å²) in [6.07, 6.45) is 0. The third-order valence-corrected chi connectivity index (χ3v) is 4.25. The molecule has 0 aromatic heterocycles. The number of rotatable bonds is 0. The summed E-state index contributed by atoms with van der Waals surface area (Å²) in [4.78, 5) is 11.2. The van der Waals surface area contributed by atoms with Crippen LogP contribution in [0.1, 0.15) is 27.7 Å². The lowest BCUT2D eigenvalue weighted by atomic mass is 9.95. The standard InChI is InChI=1S/C7H12O2S/c1-6(2)5(8)7(3,4)10(6)9/h1-4H3. The molecule has 0 aliphatic carbocycles. The van der Waals surface area contributed by atoms with Gasteiger partial charge in [0.1, 0.15) is 9.49 Å². The van der Waals surface area contributed by atoms with Gasteiger partial charge in [-0.1, -0.05) is 0 Å². The minimum absolute atomic E-state index is 0.110. The fourth-order valence-corrected chi connectivity index (χ4v) is 3.45. The molecule has 0 bridgehead atoms. The Hall–Kier alpha value is -0.180. The Morgan fingerprint density at radius 3 is 1.50 bits per heavy atom. The largest absolute Gasteiger partial charge is 0.296 e. The van der Waals surface area contributed by atoms with Crippen LogP contribution in [0.5, 0.6) is 0 Å². The predicted molar refractivity (Wildman–Crippen MR) is 41.3 cm³/mol. The van der Waals surface area contributed by atoms with E-state index in [1.807, 2.05) is 0 Å².